The predicted octanol–water partition coefficient (Wildman–Crippen LogP) is 1.83. The second-order valence-corrected chi connectivity index (χ2v) is 6.72. The normalized spacial score (nSPS) is 12.0. The Morgan fingerprint density at radius 3 is 2.42 bits per heavy atom. The number of benzene rings is 1. The lowest BCUT2D eigenvalue weighted by Crippen LogP contribution is -2.40. The first-order valence-electron chi connectivity index (χ1n) is 7.83. The Morgan fingerprint density at radius 2 is 1.79 bits per heavy atom. The van der Waals surface area contributed by atoms with Crippen LogP contribution in [0.5, 0.6) is 0 Å². The average molecular weight is 345 g/mol. The van der Waals surface area contributed by atoms with Gasteiger partial charge in [0.05, 0.1) is 19.0 Å². The van der Waals surface area contributed by atoms with Crippen molar-refractivity contribution in [2.75, 3.05) is 27.2 Å². The Morgan fingerprint density at radius 1 is 1.04 bits per heavy atom. The Hall–Kier alpha value is -2.18. The molecule has 0 saturated heterocycles. The van der Waals surface area contributed by atoms with E-state index in [4.69, 9.17) is 0 Å². The maximum absolute atomic E-state index is 12.0. The molecule has 1 aromatic heterocycles. The second-order valence-electron chi connectivity index (χ2n) is 5.74. The molecule has 0 aliphatic heterocycles. The van der Waals surface area contributed by atoms with Gasteiger partial charge >= 0.3 is 0 Å². The van der Waals surface area contributed by atoms with Crippen molar-refractivity contribution in [2.45, 2.75) is 12.5 Å². The van der Waals surface area contributed by atoms with Gasteiger partial charge in [-0.25, -0.2) is 0 Å². The lowest BCUT2D eigenvalue weighted by Gasteiger charge is -2.23. The van der Waals surface area contributed by atoms with Crippen molar-refractivity contribution in [2.24, 2.45) is 0 Å². The third kappa shape index (κ3) is 5.79. The minimum atomic E-state index is -0.181. The molecule has 1 unspecified atom stereocenters. The maximum Gasteiger partial charge on any atom is 0.239 e. The third-order valence-electron chi connectivity index (χ3n) is 3.64. The van der Waals surface area contributed by atoms with Gasteiger partial charge in [-0.05, 0) is 31.1 Å². The minimum absolute atomic E-state index is 0.00371. The van der Waals surface area contributed by atoms with Crippen LogP contribution in [0, 0.1) is 0 Å². The first-order valence-corrected chi connectivity index (χ1v) is 8.71. The van der Waals surface area contributed by atoms with Gasteiger partial charge in [0.15, 0.2) is 0 Å². The van der Waals surface area contributed by atoms with Gasteiger partial charge < -0.3 is 15.5 Å². The molecule has 1 aromatic carbocycles. The number of thiophene rings is 1. The molecule has 1 heterocycles. The van der Waals surface area contributed by atoms with Crippen molar-refractivity contribution in [3.05, 3.63) is 58.3 Å². The van der Waals surface area contributed by atoms with Gasteiger partial charge in [0, 0.05) is 11.4 Å². The van der Waals surface area contributed by atoms with E-state index in [1.165, 1.54) is 4.88 Å². The summed E-state index contributed by atoms with van der Waals surface area (Å²) in [5, 5.41) is 7.56. The fraction of sp³-hybridized carbons (Fsp3) is 0.333. The van der Waals surface area contributed by atoms with Crippen LogP contribution in [0.15, 0.2) is 47.8 Å². The summed E-state index contributed by atoms with van der Waals surface area (Å²) in [6.07, 6.45) is 0.281. The number of nitrogens with zero attached hydrogens (tertiary/aromatic N) is 1. The largest absolute Gasteiger partial charge is 0.353 e. The summed E-state index contributed by atoms with van der Waals surface area (Å²) in [5.41, 5.74) is 0.931. The highest BCUT2D eigenvalue weighted by Gasteiger charge is 2.16. The molecule has 6 heteroatoms. The van der Waals surface area contributed by atoms with Crippen LogP contribution in [0.25, 0.3) is 0 Å². The highest BCUT2D eigenvalue weighted by atomic mass is 32.1. The van der Waals surface area contributed by atoms with Gasteiger partial charge in [-0.2, -0.15) is 0 Å². The monoisotopic (exact) mass is 345 g/mol. The van der Waals surface area contributed by atoms with Crippen LogP contribution < -0.4 is 10.6 Å². The molecule has 2 amide bonds. The number of amides is 2. The van der Waals surface area contributed by atoms with Crippen LogP contribution in [-0.4, -0.2) is 43.9 Å². The van der Waals surface area contributed by atoms with E-state index < -0.39 is 0 Å². The molecule has 2 rings (SSSR count). The molecule has 0 bridgehead atoms. The molecule has 128 valence electrons. The number of likely N-dealkylation sites (N-methyl/N-ethyl adjacent to an activating group) is 1. The Balaban J connectivity index is 1.73. The summed E-state index contributed by atoms with van der Waals surface area (Å²) in [4.78, 5) is 27.1. The zero-order valence-electron chi connectivity index (χ0n) is 14.0. The van der Waals surface area contributed by atoms with E-state index in [2.05, 4.69) is 21.6 Å². The van der Waals surface area contributed by atoms with Crippen molar-refractivity contribution in [3.63, 3.8) is 0 Å². The van der Waals surface area contributed by atoms with Gasteiger partial charge in [0.25, 0.3) is 0 Å². The summed E-state index contributed by atoms with van der Waals surface area (Å²) in [6.45, 7) is 0.511. The van der Waals surface area contributed by atoms with Gasteiger partial charge in [0.1, 0.15) is 0 Å². The molecular formula is C18H23N3O2S. The third-order valence-corrected chi connectivity index (χ3v) is 4.61. The maximum atomic E-state index is 12.0. The molecule has 0 radical (unpaired) electrons. The first kappa shape index (κ1) is 18.2. The number of nitrogens with one attached hydrogen (secondary N) is 2. The molecule has 2 N–H and O–H groups in total. The van der Waals surface area contributed by atoms with Crippen LogP contribution in [-0.2, 0) is 16.0 Å². The van der Waals surface area contributed by atoms with Crippen molar-refractivity contribution in [3.8, 4) is 0 Å². The molecule has 2 aromatic rings. The molecule has 1 atom stereocenters. The zero-order valence-corrected chi connectivity index (χ0v) is 14.8. The first-order chi connectivity index (χ1) is 11.6. The average Bonchev–Trinajstić information content (AvgIpc) is 3.08. The van der Waals surface area contributed by atoms with Gasteiger partial charge in [-0.3, -0.25) is 9.59 Å². The summed E-state index contributed by atoms with van der Waals surface area (Å²) in [5.74, 6) is -0.335. The van der Waals surface area contributed by atoms with Crippen LogP contribution >= 0.6 is 11.3 Å². The van der Waals surface area contributed by atoms with E-state index in [9.17, 15) is 9.59 Å². The van der Waals surface area contributed by atoms with E-state index in [-0.39, 0.29) is 30.8 Å². The topological polar surface area (TPSA) is 61.4 Å². The SMILES string of the molecule is CN(C)C(CNC(=O)CNC(=O)Cc1ccccc1)c1cccs1. The Bertz CT molecular complexity index is 642. The number of carbonyl (C=O) groups is 2. The minimum Gasteiger partial charge on any atom is -0.353 e. The van der Waals surface area contributed by atoms with Crippen molar-refractivity contribution < 1.29 is 9.59 Å². The molecule has 0 saturated carbocycles. The summed E-state index contributed by atoms with van der Waals surface area (Å²) >= 11 is 1.67. The summed E-state index contributed by atoms with van der Waals surface area (Å²) in [7, 11) is 3.97. The smallest absolute Gasteiger partial charge is 0.239 e. The fourth-order valence-electron chi connectivity index (χ4n) is 2.31. The fourth-order valence-corrected chi connectivity index (χ4v) is 3.24. The lowest BCUT2D eigenvalue weighted by atomic mass is 10.1. The Labute approximate surface area is 146 Å². The Kier molecular flexibility index (Phi) is 6.96. The molecule has 0 aliphatic rings. The summed E-state index contributed by atoms with van der Waals surface area (Å²) in [6, 6.07) is 13.7. The number of hydrogen-bond acceptors (Lipinski definition) is 4. The van der Waals surface area contributed by atoms with Crippen molar-refractivity contribution >= 4 is 23.2 Å². The highest BCUT2D eigenvalue weighted by Crippen LogP contribution is 2.22. The molecule has 24 heavy (non-hydrogen) atoms. The van der Waals surface area contributed by atoms with Gasteiger partial charge in [-0.15, -0.1) is 11.3 Å². The lowest BCUT2D eigenvalue weighted by molar-refractivity contribution is -0.125. The zero-order chi connectivity index (χ0) is 17.4. The van der Waals surface area contributed by atoms with E-state index >= 15 is 0 Å². The number of rotatable bonds is 8. The van der Waals surface area contributed by atoms with Crippen molar-refractivity contribution in [1.29, 1.82) is 0 Å². The van der Waals surface area contributed by atoms with E-state index in [1.807, 2.05) is 55.9 Å². The van der Waals surface area contributed by atoms with E-state index in [0.717, 1.165) is 5.56 Å². The molecule has 0 spiro atoms. The second kappa shape index (κ2) is 9.20. The molecule has 0 aliphatic carbocycles. The van der Waals surface area contributed by atoms with E-state index in [1.54, 1.807) is 11.3 Å². The van der Waals surface area contributed by atoms with Crippen LogP contribution in [0.3, 0.4) is 0 Å². The van der Waals surface area contributed by atoms with Gasteiger partial charge in [-0.1, -0.05) is 36.4 Å². The van der Waals surface area contributed by atoms with Crippen molar-refractivity contribution in [1.82, 2.24) is 15.5 Å². The number of carbonyl (C=O) groups excluding carboxylic acids is 2. The molecular weight excluding hydrogens is 322 g/mol. The van der Waals surface area contributed by atoms with Crippen LogP contribution in [0.4, 0.5) is 0 Å². The standard InChI is InChI=1S/C18H23N3O2S/c1-21(2)15(16-9-6-10-24-16)12-19-18(23)13-20-17(22)11-14-7-4-3-5-8-14/h3-10,15H,11-13H2,1-2H3,(H,19,23)(H,20,22). The molecule has 0 fully saturated rings. The van der Waals surface area contributed by atoms with Crippen LogP contribution in [0.1, 0.15) is 16.5 Å². The van der Waals surface area contributed by atoms with Gasteiger partial charge in [0.2, 0.25) is 11.8 Å². The van der Waals surface area contributed by atoms with E-state index in [0.29, 0.717) is 6.54 Å². The van der Waals surface area contributed by atoms with Crippen LogP contribution in [0.2, 0.25) is 0 Å². The summed E-state index contributed by atoms with van der Waals surface area (Å²) < 4.78 is 0. The quantitative estimate of drug-likeness (QED) is 0.767. The predicted molar refractivity (Wildman–Crippen MR) is 96.9 cm³/mol. The molecule has 5 nitrogen and oxygen atoms in total. The highest BCUT2D eigenvalue weighted by molar-refractivity contribution is 7.10. The number of hydrogen-bond donors (Lipinski definition) is 2.